The highest BCUT2D eigenvalue weighted by Crippen LogP contribution is 2.08. The lowest BCUT2D eigenvalue weighted by molar-refractivity contribution is -0.130. The number of carbonyl (C=O) groups is 1. The largest absolute Gasteiger partial charge is 0.341 e. The standard InChI is InChI=1S/C16H17FN2O/c1-19(12-14-5-3-9-18-11-14)16(20)8-7-13-4-2-6-15(17)10-13/h2-6,9-11H,7-8,12H2,1H3. The van der Waals surface area contributed by atoms with E-state index in [1.807, 2.05) is 18.2 Å². The van der Waals surface area contributed by atoms with E-state index < -0.39 is 0 Å². The number of aryl methyl sites for hydroxylation is 1. The van der Waals surface area contributed by atoms with Crippen molar-refractivity contribution in [3.8, 4) is 0 Å². The third-order valence-electron chi connectivity index (χ3n) is 3.08. The summed E-state index contributed by atoms with van der Waals surface area (Å²) in [5.74, 6) is -0.225. The highest BCUT2D eigenvalue weighted by atomic mass is 19.1. The van der Waals surface area contributed by atoms with Crippen LogP contribution in [0.5, 0.6) is 0 Å². The van der Waals surface area contributed by atoms with Crippen molar-refractivity contribution < 1.29 is 9.18 Å². The van der Waals surface area contributed by atoms with Gasteiger partial charge in [0.25, 0.3) is 0 Å². The molecule has 0 saturated carbocycles. The summed E-state index contributed by atoms with van der Waals surface area (Å²) in [5.41, 5.74) is 1.84. The minimum absolute atomic E-state index is 0.0399. The molecular weight excluding hydrogens is 255 g/mol. The summed E-state index contributed by atoms with van der Waals surface area (Å²) in [6.45, 7) is 0.538. The number of pyridine rings is 1. The van der Waals surface area contributed by atoms with Gasteiger partial charge in [-0.15, -0.1) is 0 Å². The minimum atomic E-state index is -0.265. The number of hydrogen-bond donors (Lipinski definition) is 0. The van der Waals surface area contributed by atoms with Gasteiger partial charge in [-0.3, -0.25) is 9.78 Å². The summed E-state index contributed by atoms with van der Waals surface area (Å²) < 4.78 is 13.0. The maximum Gasteiger partial charge on any atom is 0.222 e. The second kappa shape index (κ2) is 6.80. The summed E-state index contributed by atoms with van der Waals surface area (Å²) in [4.78, 5) is 17.7. The van der Waals surface area contributed by atoms with Crippen LogP contribution in [0.2, 0.25) is 0 Å². The van der Waals surface area contributed by atoms with Gasteiger partial charge in [-0.25, -0.2) is 4.39 Å². The van der Waals surface area contributed by atoms with Crippen LogP contribution in [0, 0.1) is 5.82 Å². The van der Waals surface area contributed by atoms with E-state index in [9.17, 15) is 9.18 Å². The highest BCUT2D eigenvalue weighted by molar-refractivity contribution is 5.76. The summed E-state index contributed by atoms with van der Waals surface area (Å²) in [7, 11) is 1.76. The van der Waals surface area contributed by atoms with Gasteiger partial charge in [0.2, 0.25) is 5.91 Å². The number of benzene rings is 1. The van der Waals surface area contributed by atoms with Crippen LogP contribution in [0.15, 0.2) is 48.8 Å². The van der Waals surface area contributed by atoms with Gasteiger partial charge < -0.3 is 4.90 Å². The fourth-order valence-electron chi connectivity index (χ4n) is 1.99. The van der Waals surface area contributed by atoms with E-state index >= 15 is 0 Å². The van der Waals surface area contributed by atoms with Crippen molar-refractivity contribution >= 4 is 5.91 Å². The van der Waals surface area contributed by atoms with Crippen LogP contribution in [0.3, 0.4) is 0 Å². The van der Waals surface area contributed by atoms with Crippen LogP contribution in [0.1, 0.15) is 17.5 Å². The van der Waals surface area contributed by atoms with Gasteiger partial charge in [0.05, 0.1) is 0 Å². The number of nitrogens with zero attached hydrogens (tertiary/aromatic N) is 2. The Morgan fingerprint density at radius 3 is 2.75 bits per heavy atom. The Hall–Kier alpha value is -2.23. The average molecular weight is 272 g/mol. The molecule has 0 saturated heterocycles. The molecule has 0 aliphatic rings. The zero-order chi connectivity index (χ0) is 14.4. The van der Waals surface area contributed by atoms with Gasteiger partial charge >= 0.3 is 0 Å². The van der Waals surface area contributed by atoms with Crippen molar-refractivity contribution in [2.75, 3.05) is 7.05 Å². The van der Waals surface area contributed by atoms with E-state index in [0.29, 0.717) is 19.4 Å². The molecule has 0 atom stereocenters. The molecule has 2 aromatic rings. The molecule has 2 rings (SSSR count). The van der Waals surface area contributed by atoms with Crippen molar-refractivity contribution in [1.29, 1.82) is 0 Å². The Morgan fingerprint density at radius 2 is 2.05 bits per heavy atom. The van der Waals surface area contributed by atoms with Gasteiger partial charge in [0.1, 0.15) is 5.82 Å². The van der Waals surface area contributed by atoms with Crippen LogP contribution in [0.25, 0.3) is 0 Å². The Morgan fingerprint density at radius 1 is 1.25 bits per heavy atom. The smallest absolute Gasteiger partial charge is 0.222 e. The summed E-state index contributed by atoms with van der Waals surface area (Å²) in [6, 6.07) is 10.1. The number of rotatable bonds is 5. The van der Waals surface area contributed by atoms with Crippen molar-refractivity contribution in [3.05, 3.63) is 65.7 Å². The number of hydrogen-bond acceptors (Lipinski definition) is 2. The third kappa shape index (κ3) is 4.16. The first-order valence-electron chi connectivity index (χ1n) is 6.52. The normalized spacial score (nSPS) is 10.3. The molecule has 0 aliphatic carbocycles. The monoisotopic (exact) mass is 272 g/mol. The molecule has 3 nitrogen and oxygen atoms in total. The molecule has 20 heavy (non-hydrogen) atoms. The maximum absolute atomic E-state index is 13.0. The topological polar surface area (TPSA) is 33.2 Å². The summed E-state index contributed by atoms with van der Waals surface area (Å²) >= 11 is 0. The third-order valence-corrected chi connectivity index (χ3v) is 3.08. The average Bonchev–Trinajstić information content (AvgIpc) is 2.46. The van der Waals surface area contributed by atoms with E-state index in [-0.39, 0.29) is 11.7 Å². The van der Waals surface area contributed by atoms with Crippen molar-refractivity contribution in [3.63, 3.8) is 0 Å². The van der Waals surface area contributed by atoms with Gasteiger partial charge in [-0.2, -0.15) is 0 Å². The lowest BCUT2D eigenvalue weighted by Crippen LogP contribution is -2.26. The molecule has 1 heterocycles. The quantitative estimate of drug-likeness (QED) is 0.838. The van der Waals surface area contributed by atoms with Crippen LogP contribution in [0.4, 0.5) is 4.39 Å². The lowest BCUT2D eigenvalue weighted by Gasteiger charge is -2.17. The Bertz CT molecular complexity index is 572. The van der Waals surface area contributed by atoms with Crippen LogP contribution >= 0.6 is 0 Å². The van der Waals surface area contributed by atoms with Crippen molar-refractivity contribution in [2.24, 2.45) is 0 Å². The van der Waals surface area contributed by atoms with Crippen LogP contribution < -0.4 is 0 Å². The molecule has 1 amide bonds. The summed E-state index contributed by atoms with van der Waals surface area (Å²) in [6.07, 6.45) is 4.37. The van der Waals surface area contributed by atoms with E-state index in [1.165, 1.54) is 12.1 Å². The molecule has 0 radical (unpaired) electrons. The van der Waals surface area contributed by atoms with E-state index in [4.69, 9.17) is 0 Å². The fraction of sp³-hybridized carbons (Fsp3) is 0.250. The van der Waals surface area contributed by atoms with Crippen molar-refractivity contribution in [2.45, 2.75) is 19.4 Å². The van der Waals surface area contributed by atoms with Crippen LogP contribution in [-0.4, -0.2) is 22.8 Å². The van der Waals surface area contributed by atoms with Gasteiger partial charge in [0.15, 0.2) is 0 Å². The van der Waals surface area contributed by atoms with E-state index in [1.54, 1.807) is 30.4 Å². The molecule has 0 spiro atoms. The van der Waals surface area contributed by atoms with Gasteiger partial charge in [0, 0.05) is 32.4 Å². The first-order valence-corrected chi connectivity index (χ1v) is 6.52. The second-order valence-corrected chi connectivity index (χ2v) is 4.74. The predicted octanol–water partition coefficient (Wildman–Crippen LogP) is 2.81. The predicted molar refractivity (Wildman–Crippen MR) is 75.4 cm³/mol. The zero-order valence-corrected chi connectivity index (χ0v) is 11.4. The Labute approximate surface area is 118 Å². The SMILES string of the molecule is CN(Cc1cccnc1)C(=O)CCc1cccc(F)c1. The molecule has 1 aromatic carbocycles. The van der Waals surface area contributed by atoms with Crippen molar-refractivity contribution in [1.82, 2.24) is 9.88 Å². The number of carbonyl (C=O) groups excluding carboxylic acids is 1. The molecule has 0 aliphatic heterocycles. The molecular formula is C16H17FN2O. The number of aromatic nitrogens is 1. The zero-order valence-electron chi connectivity index (χ0n) is 11.4. The van der Waals surface area contributed by atoms with E-state index in [2.05, 4.69) is 4.98 Å². The number of halogens is 1. The number of amides is 1. The Kier molecular flexibility index (Phi) is 4.82. The Balaban J connectivity index is 1.85. The molecule has 0 bridgehead atoms. The first-order chi connectivity index (χ1) is 9.65. The highest BCUT2D eigenvalue weighted by Gasteiger charge is 2.09. The van der Waals surface area contributed by atoms with Gasteiger partial charge in [-0.1, -0.05) is 18.2 Å². The molecule has 0 unspecified atom stereocenters. The molecule has 0 fully saturated rings. The van der Waals surface area contributed by atoms with E-state index in [0.717, 1.165) is 11.1 Å². The van der Waals surface area contributed by atoms with Gasteiger partial charge in [-0.05, 0) is 35.7 Å². The molecule has 0 N–H and O–H groups in total. The molecule has 4 heteroatoms. The van der Waals surface area contributed by atoms with Crippen LogP contribution in [-0.2, 0) is 17.8 Å². The fourth-order valence-corrected chi connectivity index (χ4v) is 1.99. The molecule has 1 aromatic heterocycles. The lowest BCUT2D eigenvalue weighted by atomic mass is 10.1. The first kappa shape index (κ1) is 14.2. The minimum Gasteiger partial charge on any atom is -0.341 e. The second-order valence-electron chi connectivity index (χ2n) is 4.74. The molecule has 104 valence electrons. The maximum atomic E-state index is 13.0. The summed E-state index contributed by atoms with van der Waals surface area (Å²) in [5, 5.41) is 0.